The molecule has 0 unspecified atom stereocenters. The number of nitrogens with one attached hydrogen (secondary N) is 1. The monoisotopic (exact) mass is 494 g/mol. The summed E-state index contributed by atoms with van der Waals surface area (Å²) >= 11 is 0. The van der Waals surface area contributed by atoms with Gasteiger partial charge in [0.25, 0.3) is 5.56 Å². The van der Waals surface area contributed by atoms with Crippen molar-refractivity contribution in [2.75, 3.05) is 21.3 Å². The lowest BCUT2D eigenvalue weighted by molar-refractivity contribution is -0.132. The van der Waals surface area contributed by atoms with E-state index in [1.54, 1.807) is 49.4 Å². The average molecular weight is 495 g/mol. The predicted octanol–water partition coefficient (Wildman–Crippen LogP) is 2.34. The Morgan fingerprint density at radius 2 is 1.81 bits per heavy atom. The first-order valence-corrected chi connectivity index (χ1v) is 11.2. The fourth-order valence-corrected chi connectivity index (χ4v) is 4.21. The highest BCUT2D eigenvalue weighted by atomic mass is 16.5. The minimum Gasteiger partial charge on any atom is -0.497 e. The van der Waals surface area contributed by atoms with Gasteiger partial charge >= 0.3 is 5.69 Å². The minimum absolute atomic E-state index is 0.0925. The van der Waals surface area contributed by atoms with Crippen molar-refractivity contribution in [3.8, 4) is 28.8 Å². The van der Waals surface area contributed by atoms with Crippen molar-refractivity contribution < 1.29 is 24.1 Å². The highest BCUT2D eigenvalue weighted by molar-refractivity contribution is 6.04. The number of aromatic amines is 1. The molecule has 1 aliphatic heterocycles. The molecular formula is C25H26N4O7. The van der Waals surface area contributed by atoms with Crippen LogP contribution in [-0.4, -0.2) is 52.6 Å². The van der Waals surface area contributed by atoms with Crippen molar-refractivity contribution in [1.29, 1.82) is 0 Å². The van der Waals surface area contributed by atoms with E-state index >= 15 is 0 Å². The summed E-state index contributed by atoms with van der Waals surface area (Å²) in [5.74, 6) is 0.452. The number of methoxy groups -OCH3 is 3. The van der Waals surface area contributed by atoms with Gasteiger partial charge in [0, 0.05) is 24.5 Å². The van der Waals surface area contributed by atoms with Gasteiger partial charge in [-0.05, 0) is 24.3 Å². The molecule has 1 aliphatic rings. The third kappa shape index (κ3) is 4.19. The number of hydrazone groups is 1. The summed E-state index contributed by atoms with van der Waals surface area (Å²) in [5.41, 5.74) is -0.874. The van der Waals surface area contributed by atoms with Crippen LogP contribution in [0.15, 0.2) is 57.2 Å². The molecule has 0 radical (unpaired) electrons. The van der Waals surface area contributed by atoms with Gasteiger partial charge in [-0.2, -0.15) is 5.10 Å². The van der Waals surface area contributed by atoms with Crippen LogP contribution in [0.3, 0.4) is 0 Å². The van der Waals surface area contributed by atoms with E-state index in [9.17, 15) is 19.5 Å². The highest BCUT2D eigenvalue weighted by Gasteiger charge is 2.37. The standard InChI is InChI=1S/C25H26N4O7/c1-5-21(30)29-18(15-11-10-14(34-2)12-20(15)36-4)13-16(27-29)22-23(31)26-25(33)28(24(22)32)17-8-6-7-9-19(17)35-3/h6-12,18,32H,5,13H2,1-4H3,(H,26,31,33)/t18-/m1/s1. The normalized spacial score (nSPS) is 14.9. The first-order chi connectivity index (χ1) is 17.3. The van der Waals surface area contributed by atoms with E-state index < -0.39 is 23.2 Å². The van der Waals surface area contributed by atoms with Gasteiger partial charge in [0.2, 0.25) is 11.8 Å². The summed E-state index contributed by atoms with van der Waals surface area (Å²) in [5, 5.41) is 16.8. The molecule has 1 atom stereocenters. The summed E-state index contributed by atoms with van der Waals surface area (Å²) in [6.07, 6.45) is 0.254. The van der Waals surface area contributed by atoms with Crippen molar-refractivity contribution in [1.82, 2.24) is 14.6 Å². The molecule has 0 spiro atoms. The van der Waals surface area contributed by atoms with Crippen LogP contribution >= 0.6 is 0 Å². The van der Waals surface area contributed by atoms with E-state index in [2.05, 4.69) is 10.1 Å². The van der Waals surface area contributed by atoms with Gasteiger partial charge in [0.05, 0.1) is 38.8 Å². The number of aromatic hydroxyl groups is 1. The molecule has 11 heteroatoms. The first kappa shape index (κ1) is 24.6. The molecule has 11 nitrogen and oxygen atoms in total. The molecule has 0 saturated heterocycles. The van der Waals surface area contributed by atoms with E-state index in [1.807, 2.05) is 0 Å². The van der Waals surface area contributed by atoms with E-state index in [4.69, 9.17) is 14.2 Å². The summed E-state index contributed by atoms with van der Waals surface area (Å²) < 4.78 is 17.0. The zero-order valence-corrected chi connectivity index (χ0v) is 20.3. The number of aromatic nitrogens is 2. The fourth-order valence-electron chi connectivity index (χ4n) is 4.21. The van der Waals surface area contributed by atoms with Gasteiger partial charge < -0.3 is 19.3 Å². The number of benzene rings is 2. The number of carbonyl (C=O) groups is 1. The molecule has 4 rings (SSSR count). The van der Waals surface area contributed by atoms with Crippen molar-refractivity contribution in [2.24, 2.45) is 5.10 Å². The van der Waals surface area contributed by atoms with Gasteiger partial charge in [0.15, 0.2) is 0 Å². The molecule has 0 aliphatic carbocycles. The largest absolute Gasteiger partial charge is 0.497 e. The van der Waals surface area contributed by atoms with E-state index in [1.165, 1.54) is 26.3 Å². The molecule has 188 valence electrons. The second kappa shape index (κ2) is 9.98. The molecular weight excluding hydrogens is 468 g/mol. The van der Waals surface area contributed by atoms with Crippen LogP contribution in [0.1, 0.15) is 36.9 Å². The third-order valence-electron chi connectivity index (χ3n) is 5.97. The minimum atomic E-state index is -0.848. The maximum atomic E-state index is 12.9. The Morgan fingerprint density at radius 3 is 2.47 bits per heavy atom. The maximum absolute atomic E-state index is 12.9. The zero-order chi connectivity index (χ0) is 26.0. The molecule has 2 N–H and O–H groups in total. The number of carbonyl (C=O) groups excluding carboxylic acids is 1. The van der Waals surface area contributed by atoms with Gasteiger partial charge in [-0.3, -0.25) is 14.6 Å². The van der Waals surface area contributed by atoms with Gasteiger partial charge in [-0.1, -0.05) is 19.1 Å². The Bertz CT molecular complexity index is 1460. The topological polar surface area (TPSA) is 135 Å². The molecule has 2 aromatic carbocycles. The molecule has 36 heavy (non-hydrogen) atoms. The number of H-pyrrole nitrogens is 1. The number of para-hydroxylation sites is 2. The first-order valence-electron chi connectivity index (χ1n) is 11.2. The molecule has 2 heterocycles. The second-order valence-corrected chi connectivity index (χ2v) is 7.93. The number of ether oxygens (including phenoxy) is 3. The lowest BCUT2D eigenvalue weighted by Gasteiger charge is -2.23. The van der Waals surface area contributed by atoms with E-state index in [-0.39, 0.29) is 35.7 Å². The van der Waals surface area contributed by atoms with Crippen LogP contribution in [-0.2, 0) is 4.79 Å². The lowest BCUT2D eigenvalue weighted by atomic mass is 9.98. The number of hydrogen-bond donors (Lipinski definition) is 2. The summed E-state index contributed by atoms with van der Waals surface area (Å²) in [6.45, 7) is 1.70. The molecule has 0 bridgehead atoms. The fraction of sp³-hybridized carbons (Fsp3) is 0.280. The van der Waals surface area contributed by atoms with Crippen LogP contribution in [0.5, 0.6) is 23.1 Å². The van der Waals surface area contributed by atoms with Crippen molar-refractivity contribution in [3.63, 3.8) is 0 Å². The summed E-state index contributed by atoms with van der Waals surface area (Å²) in [4.78, 5) is 40.7. The molecule has 1 amide bonds. The van der Waals surface area contributed by atoms with Crippen molar-refractivity contribution in [3.05, 3.63) is 74.4 Å². The number of amides is 1. The summed E-state index contributed by atoms with van der Waals surface area (Å²) in [7, 11) is 4.46. The number of hydrogen-bond acceptors (Lipinski definition) is 8. The average Bonchev–Trinajstić information content (AvgIpc) is 3.32. The Hall–Kier alpha value is -4.54. The summed E-state index contributed by atoms with van der Waals surface area (Å²) in [6, 6.07) is 11.1. The van der Waals surface area contributed by atoms with Crippen LogP contribution in [0, 0.1) is 0 Å². The Labute approximate surface area is 206 Å². The SMILES string of the molecule is CCC(=O)N1N=C(c2c(O)n(-c3ccccc3OC)c(=O)[nH]c2=O)C[C@@H]1c1ccc(OC)cc1OC. The quantitative estimate of drug-likeness (QED) is 0.515. The highest BCUT2D eigenvalue weighted by Crippen LogP contribution is 2.40. The second-order valence-electron chi connectivity index (χ2n) is 7.93. The molecule has 0 fully saturated rings. The van der Waals surface area contributed by atoms with Crippen LogP contribution < -0.4 is 25.5 Å². The maximum Gasteiger partial charge on any atom is 0.335 e. The molecule has 0 saturated carbocycles. The number of nitrogens with zero attached hydrogens (tertiary/aromatic N) is 3. The van der Waals surface area contributed by atoms with Gasteiger partial charge in [-0.15, -0.1) is 0 Å². The molecule has 1 aromatic heterocycles. The van der Waals surface area contributed by atoms with Crippen LogP contribution in [0.25, 0.3) is 5.69 Å². The predicted molar refractivity (Wildman–Crippen MR) is 131 cm³/mol. The van der Waals surface area contributed by atoms with E-state index in [0.717, 1.165) is 4.57 Å². The smallest absolute Gasteiger partial charge is 0.335 e. The lowest BCUT2D eigenvalue weighted by Crippen LogP contribution is -2.33. The van der Waals surface area contributed by atoms with Gasteiger partial charge in [0.1, 0.15) is 22.8 Å². The Balaban J connectivity index is 1.87. The van der Waals surface area contributed by atoms with Crippen molar-refractivity contribution >= 4 is 11.6 Å². The van der Waals surface area contributed by atoms with Crippen LogP contribution in [0.2, 0.25) is 0 Å². The molecule has 3 aromatic rings. The Morgan fingerprint density at radius 1 is 1.08 bits per heavy atom. The van der Waals surface area contributed by atoms with Crippen molar-refractivity contribution in [2.45, 2.75) is 25.8 Å². The zero-order valence-electron chi connectivity index (χ0n) is 20.3. The van der Waals surface area contributed by atoms with Gasteiger partial charge in [-0.25, -0.2) is 14.4 Å². The number of rotatable bonds is 7. The third-order valence-corrected chi connectivity index (χ3v) is 5.97. The Kier molecular flexibility index (Phi) is 6.82. The van der Waals surface area contributed by atoms with Crippen LogP contribution in [0.4, 0.5) is 0 Å². The van der Waals surface area contributed by atoms with E-state index in [0.29, 0.717) is 22.8 Å².